The van der Waals surface area contributed by atoms with E-state index >= 15 is 0 Å². The van der Waals surface area contributed by atoms with Gasteiger partial charge < -0.3 is 9.47 Å². The lowest BCUT2D eigenvalue weighted by molar-refractivity contribution is -0.139. The van der Waals surface area contributed by atoms with Crippen LogP contribution in [-0.4, -0.2) is 36.0 Å². The summed E-state index contributed by atoms with van der Waals surface area (Å²) in [5.41, 5.74) is 0. The quantitative estimate of drug-likeness (QED) is 0.664. The van der Waals surface area contributed by atoms with Crippen LogP contribution in [0.3, 0.4) is 0 Å². The zero-order valence-corrected chi connectivity index (χ0v) is 11.5. The SMILES string of the molecule is CC1C=CC(=O)C(C)O1.CC1CCC(=O)C(C)O1. The molecule has 0 radical (unpaired) electrons. The molecule has 0 amide bonds. The van der Waals surface area contributed by atoms with Gasteiger partial charge in [0.25, 0.3) is 0 Å². The van der Waals surface area contributed by atoms with E-state index in [-0.39, 0.29) is 36.0 Å². The first-order valence-corrected chi connectivity index (χ1v) is 6.45. The van der Waals surface area contributed by atoms with Gasteiger partial charge in [0.2, 0.25) is 0 Å². The van der Waals surface area contributed by atoms with Crippen LogP contribution >= 0.6 is 0 Å². The van der Waals surface area contributed by atoms with E-state index in [0.29, 0.717) is 6.42 Å². The highest BCUT2D eigenvalue weighted by Crippen LogP contribution is 2.14. The monoisotopic (exact) mass is 254 g/mol. The number of carbonyl (C=O) groups excluding carboxylic acids is 2. The van der Waals surface area contributed by atoms with Crippen molar-refractivity contribution in [2.75, 3.05) is 0 Å². The van der Waals surface area contributed by atoms with Crippen molar-refractivity contribution in [3.63, 3.8) is 0 Å². The van der Waals surface area contributed by atoms with Crippen LogP contribution in [0.4, 0.5) is 0 Å². The minimum absolute atomic E-state index is 0.0631. The molecule has 0 aromatic carbocycles. The van der Waals surface area contributed by atoms with Crippen LogP contribution in [0.1, 0.15) is 40.5 Å². The van der Waals surface area contributed by atoms with Gasteiger partial charge >= 0.3 is 0 Å². The second-order valence-corrected chi connectivity index (χ2v) is 4.84. The lowest BCUT2D eigenvalue weighted by Gasteiger charge is -2.23. The molecular weight excluding hydrogens is 232 g/mol. The molecule has 0 saturated carbocycles. The van der Waals surface area contributed by atoms with E-state index < -0.39 is 0 Å². The molecule has 4 unspecified atom stereocenters. The van der Waals surface area contributed by atoms with E-state index in [1.54, 1.807) is 19.1 Å². The van der Waals surface area contributed by atoms with Crippen molar-refractivity contribution < 1.29 is 19.1 Å². The van der Waals surface area contributed by atoms with Crippen LogP contribution in [0, 0.1) is 0 Å². The van der Waals surface area contributed by atoms with Crippen LogP contribution in [0.15, 0.2) is 12.2 Å². The largest absolute Gasteiger partial charge is 0.368 e. The molecule has 1 fully saturated rings. The van der Waals surface area contributed by atoms with Crippen molar-refractivity contribution in [3.8, 4) is 0 Å². The van der Waals surface area contributed by atoms with Crippen LogP contribution in [0.5, 0.6) is 0 Å². The van der Waals surface area contributed by atoms with Gasteiger partial charge in [-0.1, -0.05) is 6.08 Å². The van der Waals surface area contributed by atoms with Gasteiger partial charge in [-0.25, -0.2) is 0 Å². The van der Waals surface area contributed by atoms with Gasteiger partial charge in [-0.2, -0.15) is 0 Å². The average Bonchev–Trinajstić information content (AvgIpc) is 2.30. The van der Waals surface area contributed by atoms with Gasteiger partial charge in [-0.05, 0) is 40.2 Å². The number of Topliss-reactive ketones (excluding diaryl/α,β-unsaturated/α-hetero) is 1. The number of ether oxygens (including phenoxy) is 2. The smallest absolute Gasteiger partial charge is 0.183 e. The number of hydrogen-bond acceptors (Lipinski definition) is 4. The number of ketones is 2. The summed E-state index contributed by atoms with van der Waals surface area (Å²) in [6.45, 7) is 7.50. The molecule has 0 N–H and O–H groups in total. The summed E-state index contributed by atoms with van der Waals surface area (Å²) in [6, 6.07) is 0. The summed E-state index contributed by atoms with van der Waals surface area (Å²) in [5, 5.41) is 0. The average molecular weight is 254 g/mol. The Kier molecular flexibility index (Phi) is 5.69. The standard InChI is InChI=1S/C7H12O2.C7H10O2/c2*1-5-3-4-7(8)6(2)9-5/h5-6H,3-4H2,1-2H3;3-6H,1-2H3. The second kappa shape index (κ2) is 6.81. The third-order valence-electron chi connectivity index (χ3n) is 3.04. The Morgan fingerprint density at radius 1 is 1.06 bits per heavy atom. The Hall–Kier alpha value is -1.00. The first-order valence-electron chi connectivity index (χ1n) is 6.45. The molecule has 4 atom stereocenters. The van der Waals surface area contributed by atoms with E-state index in [4.69, 9.17) is 9.47 Å². The summed E-state index contributed by atoms with van der Waals surface area (Å²) in [5.74, 6) is 0.307. The van der Waals surface area contributed by atoms with E-state index in [9.17, 15) is 9.59 Å². The molecule has 2 aliphatic rings. The molecule has 0 bridgehead atoms. The molecule has 1 saturated heterocycles. The van der Waals surface area contributed by atoms with Gasteiger partial charge in [-0.15, -0.1) is 0 Å². The van der Waals surface area contributed by atoms with Crippen molar-refractivity contribution in [1.29, 1.82) is 0 Å². The Bertz CT molecular complexity index is 335. The lowest BCUT2D eigenvalue weighted by Crippen LogP contribution is -2.31. The maximum Gasteiger partial charge on any atom is 0.183 e. The third kappa shape index (κ3) is 4.70. The highest BCUT2D eigenvalue weighted by atomic mass is 16.5. The summed E-state index contributed by atoms with van der Waals surface area (Å²) >= 11 is 0. The molecule has 4 heteroatoms. The molecule has 0 spiro atoms. The number of hydrogen-bond donors (Lipinski definition) is 0. The number of carbonyl (C=O) groups is 2. The first-order chi connectivity index (χ1) is 8.40. The van der Waals surface area contributed by atoms with Crippen LogP contribution in [0.2, 0.25) is 0 Å². The molecule has 0 aromatic heterocycles. The fourth-order valence-electron chi connectivity index (χ4n) is 1.84. The van der Waals surface area contributed by atoms with E-state index in [1.165, 1.54) is 0 Å². The van der Waals surface area contributed by atoms with Crippen molar-refractivity contribution in [3.05, 3.63) is 12.2 Å². The highest BCUT2D eigenvalue weighted by Gasteiger charge is 2.22. The number of rotatable bonds is 0. The van der Waals surface area contributed by atoms with Crippen molar-refractivity contribution in [1.82, 2.24) is 0 Å². The van der Waals surface area contributed by atoms with Crippen molar-refractivity contribution in [2.24, 2.45) is 0 Å². The molecular formula is C14H22O4. The molecule has 2 heterocycles. The zero-order chi connectivity index (χ0) is 13.7. The molecule has 2 rings (SSSR count). The van der Waals surface area contributed by atoms with Crippen LogP contribution in [-0.2, 0) is 19.1 Å². The minimum atomic E-state index is -0.245. The van der Waals surface area contributed by atoms with Gasteiger partial charge in [0.1, 0.15) is 12.2 Å². The van der Waals surface area contributed by atoms with Crippen molar-refractivity contribution in [2.45, 2.75) is 65.0 Å². The molecule has 4 nitrogen and oxygen atoms in total. The summed E-state index contributed by atoms with van der Waals surface area (Å²) in [6.07, 6.45) is 4.90. The second-order valence-electron chi connectivity index (χ2n) is 4.84. The van der Waals surface area contributed by atoms with Gasteiger partial charge in [0.05, 0.1) is 12.2 Å². The van der Waals surface area contributed by atoms with E-state index in [2.05, 4.69) is 0 Å². The molecule has 18 heavy (non-hydrogen) atoms. The van der Waals surface area contributed by atoms with E-state index in [1.807, 2.05) is 20.8 Å². The lowest BCUT2D eigenvalue weighted by atomic mass is 10.1. The Morgan fingerprint density at radius 3 is 2.17 bits per heavy atom. The third-order valence-corrected chi connectivity index (χ3v) is 3.04. The first kappa shape index (κ1) is 15.1. The van der Waals surface area contributed by atoms with Gasteiger partial charge in [-0.3, -0.25) is 9.59 Å². The topological polar surface area (TPSA) is 52.6 Å². The zero-order valence-electron chi connectivity index (χ0n) is 11.5. The normalized spacial score (nSPS) is 36.0. The Morgan fingerprint density at radius 2 is 1.72 bits per heavy atom. The van der Waals surface area contributed by atoms with Gasteiger partial charge in [0.15, 0.2) is 11.6 Å². The maximum absolute atomic E-state index is 10.8. The van der Waals surface area contributed by atoms with E-state index in [0.717, 1.165) is 6.42 Å². The fraction of sp³-hybridized carbons (Fsp3) is 0.714. The van der Waals surface area contributed by atoms with Gasteiger partial charge in [0, 0.05) is 6.42 Å². The van der Waals surface area contributed by atoms with Crippen LogP contribution in [0.25, 0.3) is 0 Å². The van der Waals surface area contributed by atoms with Crippen LogP contribution < -0.4 is 0 Å². The molecule has 0 aliphatic carbocycles. The fourth-order valence-corrected chi connectivity index (χ4v) is 1.84. The molecule has 2 aliphatic heterocycles. The minimum Gasteiger partial charge on any atom is -0.368 e. The Balaban J connectivity index is 0.000000180. The Labute approximate surface area is 108 Å². The summed E-state index contributed by atoms with van der Waals surface area (Å²) in [4.78, 5) is 21.5. The predicted molar refractivity (Wildman–Crippen MR) is 68.4 cm³/mol. The summed E-state index contributed by atoms with van der Waals surface area (Å²) in [7, 11) is 0. The highest BCUT2D eigenvalue weighted by molar-refractivity contribution is 5.93. The maximum atomic E-state index is 10.8. The van der Waals surface area contributed by atoms with Crippen molar-refractivity contribution >= 4 is 11.6 Å². The molecule has 0 aromatic rings. The molecule has 102 valence electrons. The summed E-state index contributed by atoms with van der Waals surface area (Å²) < 4.78 is 10.4. The predicted octanol–water partition coefficient (Wildman–Crippen LogP) is 2.06.